The summed E-state index contributed by atoms with van der Waals surface area (Å²) in [5.41, 5.74) is 7.05. The third kappa shape index (κ3) is 1.97. The van der Waals surface area contributed by atoms with Crippen LogP contribution >= 0.6 is 0 Å². The molecule has 1 atom stereocenters. The lowest BCUT2D eigenvalue weighted by atomic mass is 10.2. The van der Waals surface area contributed by atoms with Gasteiger partial charge in [0, 0.05) is 12.6 Å². The number of rotatable bonds is 3. The van der Waals surface area contributed by atoms with Gasteiger partial charge in [-0.05, 0) is 18.2 Å². The van der Waals surface area contributed by atoms with E-state index in [0.29, 0.717) is 5.69 Å². The Morgan fingerprint density at radius 1 is 1.60 bits per heavy atom. The van der Waals surface area contributed by atoms with Crippen LogP contribution in [0.25, 0.3) is 5.52 Å². The Kier molecular flexibility index (Phi) is 2.39. The fraction of sp³-hybridized carbons (Fsp3) is 0.200. The van der Waals surface area contributed by atoms with E-state index < -0.39 is 12.0 Å². The van der Waals surface area contributed by atoms with Crippen LogP contribution in [0.2, 0.25) is 0 Å². The molecule has 1 unspecified atom stereocenters. The maximum Gasteiger partial charge on any atom is 0.320 e. The molecule has 0 aliphatic rings. The lowest BCUT2D eigenvalue weighted by molar-refractivity contribution is -0.138. The number of carboxylic acid groups (broad SMARTS) is 1. The van der Waals surface area contributed by atoms with Crippen LogP contribution in [-0.2, 0) is 11.2 Å². The largest absolute Gasteiger partial charge is 0.480 e. The predicted octanol–water partition coefficient (Wildman–Crippen LogP) is 0.289. The van der Waals surface area contributed by atoms with Crippen molar-refractivity contribution < 1.29 is 9.90 Å². The number of nitrogens with zero attached hydrogens (tertiary/aromatic N) is 2. The summed E-state index contributed by atoms with van der Waals surface area (Å²) in [7, 11) is 0. The Hall–Kier alpha value is -1.88. The van der Waals surface area contributed by atoms with Crippen molar-refractivity contribution in [1.82, 2.24) is 9.61 Å². The number of nitrogens with two attached hydrogens (primary N) is 1. The molecule has 0 bridgehead atoms. The van der Waals surface area contributed by atoms with Gasteiger partial charge in [0.25, 0.3) is 0 Å². The summed E-state index contributed by atoms with van der Waals surface area (Å²) in [6.45, 7) is 0. The third-order valence-electron chi connectivity index (χ3n) is 2.17. The molecular formula is C10H11N3O2. The van der Waals surface area contributed by atoms with E-state index in [2.05, 4.69) is 5.10 Å². The molecule has 2 aromatic heterocycles. The first-order chi connectivity index (χ1) is 7.16. The predicted molar refractivity (Wildman–Crippen MR) is 54.5 cm³/mol. The van der Waals surface area contributed by atoms with Crippen LogP contribution in [0.15, 0.2) is 30.5 Å². The molecule has 5 nitrogen and oxygen atoms in total. The third-order valence-corrected chi connectivity index (χ3v) is 2.17. The Labute approximate surface area is 86.1 Å². The summed E-state index contributed by atoms with van der Waals surface area (Å²) in [6, 6.07) is 6.61. The molecule has 0 spiro atoms. The second-order valence-corrected chi connectivity index (χ2v) is 3.35. The summed E-state index contributed by atoms with van der Waals surface area (Å²) >= 11 is 0. The molecule has 0 aliphatic heterocycles. The topological polar surface area (TPSA) is 80.6 Å². The van der Waals surface area contributed by atoms with E-state index in [9.17, 15) is 4.79 Å². The molecule has 0 aliphatic carbocycles. The van der Waals surface area contributed by atoms with Crippen molar-refractivity contribution in [3.05, 3.63) is 36.2 Å². The second kappa shape index (κ2) is 3.70. The van der Waals surface area contributed by atoms with Crippen LogP contribution in [0.3, 0.4) is 0 Å². The smallest absolute Gasteiger partial charge is 0.320 e. The van der Waals surface area contributed by atoms with Crippen molar-refractivity contribution in [3.8, 4) is 0 Å². The number of aromatic nitrogens is 2. The minimum Gasteiger partial charge on any atom is -0.480 e. The van der Waals surface area contributed by atoms with Gasteiger partial charge in [0.05, 0.1) is 11.2 Å². The zero-order chi connectivity index (χ0) is 10.8. The molecule has 0 fully saturated rings. The van der Waals surface area contributed by atoms with Gasteiger partial charge < -0.3 is 10.8 Å². The molecule has 0 amide bonds. The van der Waals surface area contributed by atoms with Crippen LogP contribution in [0.1, 0.15) is 5.69 Å². The van der Waals surface area contributed by atoms with Crippen molar-refractivity contribution in [2.24, 2.45) is 5.73 Å². The van der Waals surface area contributed by atoms with Gasteiger partial charge in [0.2, 0.25) is 0 Å². The van der Waals surface area contributed by atoms with Crippen molar-refractivity contribution in [2.75, 3.05) is 0 Å². The van der Waals surface area contributed by atoms with Crippen molar-refractivity contribution in [1.29, 1.82) is 0 Å². The van der Waals surface area contributed by atoms with Crippen LogP contribution < -0.4 is 5.73 Å². The summed E-state index contributed by atoms with van der Waals surface area (Å²) < 4.78 is 1.70. The zero-order valence-electron chi connectivity index (χ0n) is 8.00. The number of hydrogen-bond acceptors (Lipinski definition) is 3. The Balaban J connectivity index is 2.26. The standard InChI is InChI=1S/C10H11N3O2/c11-9(10(14)15)6-7-5-8-3-1-2-4-13(8)12-7/h1-5,9H,6,11H2,(H,14,15). The molecule has 2 heterocycles. The van der Waals surface area contributed by atoms with Crippen molar-refractivity contribution >= 4 is 11.5 Å². The van der Waals surface area contributed by atoms with E-state index in [4.69, 9.17) is 10.8 Å². The van der Waals surface area contributed by atoms with Gasteiger partial charge in [-0.25, -0.2) is 4.52 Å². The van der Waals surface area contributed by atoms with Gasteiger partial charge in [-0.3, -0.25) is 4.79 Å². The van der Waals surface area contributed by atoms with Crippen LogP contribution in [0.4, 0.5) is 0 Å². The maximum atomic E-state index is 10.6. The summed E-state index contributed by atoms with van der Waals surface area (Å²) in [5.74, 6) is -1.01. The molecule has 0 aromatic carbocycles. The average molecular weight is 205 g/mol. The van der Waals surface area contributed by atoms with Gasteiger partial charge >= 0.3 is 5.97 Å². The van der Waals surface area contributed by atoms with Crippen LogP contribution in [0.5, 0.6) is 0 Å². The molecule has 0 saturated carbocycles. The highest BCUT2D eigenvalue weighted by atomic mass is 16.4. The van der Waals surface area contributed by atoms with Crippen molar-refractivity contribution in [3.63, 3.8) is 0 Å². The SMILES string of the molecule is NC(Cc1cc2ccccn2n1)C(=O)O. The van der Waals surface area contributed by atoms with Gasteiger partial charge in [-0.15, -0.1) is 0 Å². The molecule has 78 valence electrons. The Bertz CT molecular complexity index is 459. The Morgan fingerprint density at radius 3 is 3.07 bits per heavy atom. The number of hydrogen-bond donors (Lipinski definition) is 2. The average Bonchev–Trinajstić information content (AvgIpc) is 2.59. The molecule has 15 heavy (non-hydrogen) atoms. The fourth-order valence-electron chi connectivity index (χ4n) is 1.40. The summed E-state index contributed by atoms with van der Waals surface area (Å²) in [5, 5.41) is 12.9. The van der Waals surface area contributed by atoms with Gasteiger partial charge in [0.1, 0.15) is 6.04 Å². The van der Waals surface area contributed by atoms with Gasteiger partial charge in [0.15, 0.2) is 0 Å². The van der Waals surface area contributed by atoms with E-state index in [-0.39, 0.29) is 6.42 Å². The molecular weight excluding hydrogens is 194 g/mol. The highest BCUT2D eigenvalue weighted by Crippen LogP contribution is 2.07. The number of carbonyl (C=O) groups is 1. The molecule has 2 rings (SSSR count). The first-order valence-electron chi connectivity index (χ1n) is 4.58. The van der Waals surface area contributed by atoms with Gasteiger partial charge in [-0.1, -0.05) is 6.07 Å². The monoisotopic (exact) mass is 205 g/mol. The van der Waals surface area contributed by atoms with Crippen LogP contribution in [0, 0.1) is 0 Å². The lowest BCUT2D eigenvalue weighted by Crippen LogP contribution is -2.32. The van der Waals surface area contributed by atoms with E-state index in [1.54, 1.807) is 4.52 Å². The first kappa shape index (κ1) is 9.67. The molecule has 3 N–H and O–H groups in total. The Morgan fingerprint density at radius 2 is 2.40 bits per heavy atom. The normalized spacial score (nSPS) is 12.9. The van der Waals surface area contributed by atoms with Crippen molar-refractivity contribution in [2.45, 2.75) is 12.5 Å². The highest BCUT2D eigenvalue weighted by Gasteiger charge is 2.13. The van der Waals surface area contributed by atoms with E-state index in [1.807, 2.05) is 30.5 Å². The second-order valence-electron chi connectivity index (χ2n) is 3.35. The number of fused-ring (bicyclic) bond motifs is 1. The minimum absolute atomic E-state index is 0.247. The summed E-state index contributed by atoms with van der Waals surface area (Å²) in [6.07, 6.45) is 2.06. The van der Waals surface area contributed by atoms with Gasteiger partial charge in [-0.2, -0.15) is 5.10 Å². The lowest BCUT2D eigenvalue weighted by Gasteiger charge is -2.01. The maximum absolute atomic E-state index is 10.6. The quantitative estimate of drug-likeness (QED) is 0.754. The molecule has 2 aromatic rings. The number of pyridine rings is 1. The molecule has 5 heteroatoms. The van der Waals surface area contributed by atoms with E-state index in [0.717, 1.165) is 5.52 Å². The van der Waals surface area contributed by atoms with Crippen LogP contribution in [-0.4, -0.2) is 26.7 Å². The summed E-state index contributed by atoms with van der Waals surface area (Å²) in [4.78, 5) is 10.6. The first-order valence-corrected chi connectivity index (χ1v) is 4.58. The van der Waals surface area contributed by atoms with E-state index >= 15 is 0 Å². The molecule has 0 saturated heterocycles. The fourth-order valence-corrected chi connectivity index (χ4v) is 1.40. The zero-order valence-corrected chi connectivity index (χ0v) is 8.00. The number of carboxylic acids is 1. The minimum atomic E-state index is -1.01. The molecule has 0 radical (unpaired) electrons. The van der Waals surface area contributed by atoms with E-state index in [1.165, 1.54) is 0 Å². The highest BCUT2D eigenvalue weighted by molar-refractivity contribution is 5.73. The number of aliphatic carboxylic acids is 1.